The van der Waals surface area contributed by atoms with Gasteiger partial charge in [-0.05, 0) is 49.6 Å². The zero-order valence-corrected chi connectivity index (χ0v) is 16.3. The molecule has 5 heteroatoms. The summed E-state index contributed by atoms with van der Waals surface area (Å²) in [6.07, 6.45) is 9.87. The second kappa shape index (κ2) is 8.46. The van der Waals surface area contributed by atoms with Gasteiger partial charge >= 0.3 is 0 Å². The first-order valence-electron chi connectivity index (χ1n) is 10.0. The van der Waals surface area contributed by atoms with Crippen LogP contribution >= 0.6 is 0 Å². The summed E-state index contributed by atoms with van der Waals surface area (Å²) in [6.45, 7) is 2.26. The van der Waals surface area contributed by atoms with Crippen LogP contribution in [0.15, 0.2) is 48.2 Å². The van der Waals surface area contributed by atoms with Gasteiger partial charge in [0.1, 0.15) is 5.82 Å². The zero-order valence-electron chi connectivity index (χ0n) is 16.3. The molecule has 0 bridgehead atoms. The number of fused-ring (bicyclic) bond motifs is 1. The second-order valence-electron chi connectivity index (χ2n) is 7.52. The minimum absolute atomic E-state index is 0.111. The monoisotopic (exact) mass is 378 g/mol. The lowest BCUT2D eigenvalue weighted by Crippen LogP contribution is -2.42. The van der Waals surface area contributed by atoms with Gasteiger partial charge in [0.05, 0.1) is 0 Å². The number of carbonyl (C=O) groups is 1. The number of hydrogen-bond acceptors (Lipinski definition) is 4. The number of rotatable bonds is 5. The zero-order chi connectivity index (χ0) is 19.3. The van der Waals surface area contributed by atoms with Crippen molar-refractivity contribution in [2.24, 2.45) is 0 Å². The molecule has 1 amide bonds. The van der Waals surface area contributed by atoms with Gasteiger partial charge in [-0.1, -0.05) is 43.0 Å². The largest absolute Gasteiger partial charge is 0.454 e. The van der Waals surface area contributed by atoms with E-state index < -0.39 is 0 Å². The predicted molar refractivity (Wildman–Crippen MR) is 109 cm³/mol. The molecule has 1 fully saturated rings. The first-order chi connectivity index (χ1) is 13.7. The molecule has 0 N–H and O–H groups in total. The molecule has 0 radical (unpaired) electrons. The van der Waals surface area contributed by atoms with Gasteiger partial charge in [0.25, 0.3) is 0 Å². The van der Waals surface area contributed by atoms with Gasteiger partial charge in [-0.2, -0.15) is 0 Å². The molecule has 5 nitrogen and oxygen atoms in total. The first kappa shape index (κ1) is 18.5. The van der Waals surface area contributed by atoms with Crippen molar-refractivity contribution < 1.29 is 14.3 Å². The maximum Gasteiger partial charge on any atom is 0.232 e. The Hall–Kier alpha value is -2.82. The van der Waals surface area contributed by atoms with Gasteiger partial charge in [-0.3, -0.25) is 9.69 Å². The first-order valence-corrected chi connectivity index (χ1v) is 10.0. The van der Waals surface area contributed by atoms with Crippen molar-refractivity contribution in [2.75, 3.05) is 11.7 Å². The van der Waals surface area contributed by atoms with Crippen LogP contribution in [-0.2, 0) is 4.79 Å². The molecule has 0 spiro atoms. The average molecular weight is 378 g/mol. The lowest BCUT2D eigenvalue weighted by molar-refractivity contribution is -0.118. The fraction of sp³-hybridized carbons (Fsp3) is 0.391. The molecule has 1 aromatic heterocycles. The van der Waals surface area contributed by atoms with Crippen LogP contribution < -0.4 is 14.4 Å². The van der Waals surface area contributed by atoms with Crippen LogP contribution in [0.3, 0.4) is 0 Å². The summed E-state index contributed by atoms with van der Waals surface area (Å²) in [4.78, 5) is 19.6. The normalized spacial score (nSPS) is 16.8. The van der Waals surface area contributed by atoms with Crippen molar-refractivity contribution >= 4 is 17.8 Å². The van der Waals surface area contributed by atoms with Crippen molar-refractivity contribution in [3.8, 4) is 11.5 Å². The van der Waals surface area contributed by atoms with Crippen LogP contribution in [0.4, 0.5) is 5.82 Å². The Morgan fingerprint density at radius 3 is 2.75 bits per heavy atom. The Labute approximate surface area is 166 Å². The molecule has 1 aliphatic carbocycles. The minimum Gasteiger partial charge on any atom is -0.454 e. The Balaban J connectivity index is 1.51. The van der Waals surface area contributed by atoms with E-state index in [4.69, 9.17) is 9.47 Å². The smallest absolute Gasteiger partial charge is 0.232 e. The van der Waals surface area contributed by atoms with E-state index in [1.807, 2.05) is 54.3 Å². The van der Waals surface area contributed by atoms with Gasteiger partial charge < -0.3 is 9.47 Å². The van der Waals surface area contributed by atoms with Crippen LogP contribution in [0.5, 0.6) is 11.5 Å². The van der Waals surface area contributed by atoms with Gasteiger partial charge in [0, 0.05) is 18.7 Å². The highest BCUT2D eigenvalue weighted by atomic mass is 16.7. The third-order valence-electron chi connectivity index (χ3n) is 5.34. The maximum absolute atomic E-state index is 13.2. The standard InChI is InChI=1S/C23H26N2O3/c1-17(13-18-10-11-20-21(15-18)28-16-27-20)14-23(26)25(19-7-3-2-4-8-19)22-9-5-6-12-24-22/h5-6,9-13,15,19H,2-4,7-8,14,16H2,1H3/b17-13-. The van der Waals surface area contributed by atoms with E-state index in [0.29, 0.717) is 6.42 Å². The molecule has 146 valence electrons. The highest BCUT2D eigenvalue weighted by molar-refractivity contribution is 5.95. The van der Waals surface area contributed by atoms with E-state index in [9.17, 15) is 4.79 Å². The summed E-state index contributed by atoms with van der Waals surface area (Å²) >= 11 is 0. The molecule has 0 unspecified atom stereocenters. The number of ether oxygens (including phenoxy) is 2. The summed E-state index contributed by atoms with van der Waals surface area (Å²) in [6, 6.07) is 11.9. The van der Waals surface area contributed by atoms with Crippen LogP contribution in [-0.4, -0.2) is 23.7 Å². The molecule has 1 aliphatic heterocycles. The summed E-state index contributed by atoms with van der Waals surface area (Å²) in [5, 5.41) is 0. The van der Waals surface area contributed by atoms with Crippen molar-refractivity contribution in [3.05, 3.63) is 53.7 Å². The third kappa shape index (κ3) is 4.19. The second-order valence-corrected chi connectivity index (χ2v) is 7.52. The molecule has 28 heavy (non-hydrogen) atoms. The molecular weight excluding hydrogens is 352 g/mol. The molecule has 2 aromatic rings. The summed E-state index contributed by atoms with van der Waals surface area (Å²) in [5.41, 5.74) is 2.03. The topological polar surface area (TPSA) is 51.7 Å². The van der Waals surface area contributed by atoms with Crippen molar-refractivity contribution in [1.29, 1.82) is 0 Å². The van der Waals surface area contributed by atoms with Crippen molar-refractivity contribution in [2.45, 2.75) is 51.5 Å². The van der Waals surface area contributed by atoms with Gasteiger partial charge in [-0.25, -0.2) is 4.98 Å². The van der Waals surface area contributed by atoms with Gasteiger partial charge in [-0.15, -0.1) is 0 Å². The van der Waals surface area contributed by atoms with E-state index in [1.165, 1.54) is 19.3 Å². The fourth-order valence-corrected chi connectivity index (χ4v) is 4.02. The molecule has 1 aromatic carbocycles. The van der Waals surface area contributed by atoms with E-state index in [-0.39, 0.29) is 18.7 Å². The molecule has 1 saturated carbocycles. The quantitative estimate of drug-likeness (QED) is 0.737. The number of aromatic nitrogens is 1. The fourth-order valence-electron chi connectivity index (χ4n) is 4.02. The van der Waals surface area contributed by atoms with E-state index >= 15 is 0 Å². The summed E-state index contributed by atoms with van der Waals surface area (Å²) < 4.78 is 10.8. The van der Waals surface area contributed by atoms with Crippen LogP contribution in [0.1, 0.15) is 51.0 Å². The average Bonchev–Trinajstić information content (AvgIpc) is 3.17. The van der Waals surface area contributed by atoms with Crippen LogP contribution in [0.25, 0.3) is 6.08 Å². The van der Waals surface area contributed by atoms with Crippen LogP contribution in [0.2, 0.25) is 0 Å². The molecule has 2 heterocycles. The Kier molecular flexibility index (Phi) is 5.60. The van der Waals surface area contributed by atoms with Gasteiger partial charge in [0.2, 0.25) is 12.7 Å². The van der Waals surface area contributed by atoms with Crippen molar-refractivity contribution in [3.63, 3.8) is 0 Å². The number of carbonyl (C=O) groups excluding carboxylic acids is 1. The Bertz CT molecular complexity index is 857. The SMILES string of the molecule is C/C(=C/c1ccc2c(c1)OCO2)CC(=O)N(c1ccccn1)C1CCCCC1. The number of hydrogen-bond donors (Lipinski definition) is 0. The highest BCUT2D eigenvalue weighted by Gasteiger charge is 2.27. The Morgan fingerprint density at radius 1 is 1.14 bits per heavy atom. The number of anilines is 1. The minimum atomic E-state index is 0.111. The number of nitrogens with zero attached hydrogens (tertiary/aromatic N) is 2. The molecule has 0 atom stereocenters. The molecule has 2 aliphatic rings. The highest BCUT2D eigenvalue weighted by Crippen LogP contribution is 2.33. The lowest BCUT2D eigenvalue weighted by atomic mass is 9.93. The number of pyridine rings is 1. The number of amides is 1. The van der Waals surface area contributed by atoms with E-state index in [1.54, 1.807) is 6.20 Å². The molecule has 0 saturated heterocycles. The third-order valence-corrected chi connectivity index (χ3v) is 5.34. The Morgan fingerprint density at radius 2 is 1.96 bits per heavy atom. The lowest BCUT2D eigenvalue weighted by Gasteiger charge is -2.33. The molecule has 4 rings (SSSR count). The van der Waals surface area contributed by atoms with Crippen molar-refractivity contribution in [1.82, 2.24) is 4.98 Å². The van der Waals surface area contributed by atoms with E-state index in [0.717, 1.165) is 41.3 Å². The maximum atomic E-state index is 13.2. The van der Waals surface area contributed by atoms with Gasteiger partial charge in [0.15, 0.2) is 11.5 Å². The van der Waals surface area contributed by atoms with Crippen LogP contribution in [0, 0.1) is 0 Å². The molecular formula is C23H26N2O3. The summed E-state index contributed by atoms with van der Waals surface area (Å²) in [5.74, 6) is 2.39. The predicted octanol–water partition coefficient (Wildman–Crippen LogP) is 4.97. The number of benzene rings is 1. The van der Waals surface area contributed by atoms with E-state index in [2.05, 4.69) is 4.98 Å². The summed E-state index contributed by atoms with van der Waals surface area (Å²) in [7, 11) is 0.